The van der Waals surface area contributed by atoms with Crippen molar-refractivity contribution in [3.8, 4) is 16.9 Å². The minimum absolute atomic E-state index is 0.0890. The molecule has 7 nitrogen and oxygen atoms in total. The Morgan fingerprint density at radius 1 is 0.971 bits per heavy atom. The molecule has 0 aliphatic heterocycles. The third kappa shape index (κ3) is 4.80. The summed E-state index contributed by atoms with van der Waals surface area (Å²) in [5.41, 5.74) is -4.26. The van der Waals surface area contributed by atoms with Gasteiger partial charge in [0, 0.05) is 23.4 Å². The molecule has 1 unspecified atom stereocenters. The first kappa shape index (κ1) is 24.1. The molecule has 2 aromatic heterocycles. The van der Waals surface area contributed by atoms with Crippen molar-refractivity contribution < 1.29 is 36.2 Å². The molecule has 2 heterocycles. The Bertz CT molecular complexity index is 1290. The van der Waals surface area contributed by atoms with E-state index in [1.54, 1.807) is 0 Å². The molecule has 0 aliphatic rings. The summed E-state index contributed by atoms with van der Waals surface area (Å²) in [6, 6.07) is 9.38. The van der Waals surface area contributed by atoms with Crippen LogP contribution in [-0.4, -0.2) is 36.9 Å². The SMILES string of the molecule is OC(Cn1cnnn1)(c1ccc(F)cc1F)C(F)(F)c1ccc(-c2ccc(OC(F)F)cc2)cn1. The molecule has 2 aromatic carbocycles. The third-order valence-corrected chi connectivity index (χ3v) is 5.18. The van der Waals surface area contributed by atoms with Crippen molar-refractivity contribution >= 4 is 0 Å². The molecule has 13 heteroatoms. The van der Waals surface area contributed by atoms with Crippen LogP contribution in [0.3, 0.4) is 0 Å². The fourth-order valence-electron chi connectivity index (χ4n) is 3.46. The number of rotatable bonds is 8. The van der Waals surface area contributed by atoms with Crippen LogP contribution in [0.15, 0.2) is 67.1 Å². The van der Waals surface area contributed by atoms with Crippen LogP contribution in [-0.2, 0) is 18.1 Å². The molecule has 0 aliphatic carbocycles. The standard InChI is InChI=1S/C22H15F6N5O2/c23-15-4-7-17(18(24)9-15)21(34,11-33-12-30-31-32-33)22(27,28)19-8-3-14(10-29-19)13-1-5-16(6-2-13)35-20(25)26/h1-10,12,20,34H,11H2. The minimum atomic E-state index is -4.20. The van der Waals surface area contributed by atoms with Gasteiger partial charge in [-0.25, -0.2) is 13.5 Å². The van der Waals surface area contributed by atoms with E-state index >= 15 is 8.78 Å². The van der Waals surface area contributed by atoms with Crippen molar-refractivity contribution in [1.82, 2.24) is 25.2 Å². The number of alkyl halides is 4. The highest BCUT2D eigenvalue weighted by Crippen LogP contribution is 2.46. The first-order valence-corrected chi connectivity index (χ1v) is 9.88. The van der Waals surface area contributed by atoms with Gasteiger partial charge in [-0.15, -0.1) is 5.10 Å². The summed E-state index contributed by atoms with van der Waals surface area (Å²) >= 11 is 0. The summed E-state index contributed by atoms with van der Waals surface area (Å²) in [5, 5.41) is 21.2. The molecular formula is C22H15F6N5O2. The van der Waals surface area contributed by atoms with Gasteiger partial charge in [-0.2, -0.15) is 17.6 Å². The highest BCUT2D eigenvalue weighted by atomic mass is 19.3. The first-order chi connectivity index (χ1) is 16.6. The Hall–Kier alpha value is -4.00. The summed E-state index contributed by atoms with van der Waals surface area (Å²) in [5.74, 6) is -6.71. The van der Waals surface area contributed by atoms with E-state index < -0.39 is 47.6 Å². The monoisotopic (exact) mass is 495 g/mol. The fourth-order valence-corrected chi connectivity index (χ4v) is 3.46. The van der Waals surface area contributed by atoms with Crippen LogP contribution in [0.5, 0.6) is 5.75 Å². The van der Waals surface area contributed by atoms with E-state index in [0.29, 0.717) is 23.3 Å². The molecule has 1 N–H and O–H groups in total. The van der Waals surface area contributed by atoms with Gasteiger partial charge >= 0.3 is 12.5 Å². The Labute approximate surface area is 193 Å². The number of benzene rings is 2. The summed E-state index contributed by atoms with van der Waals surface area (Å²) in [4.78, 5) is 3.75. The zero-order chi connectivity index (χ0) is 25.2. The number of halogens is 6. The van der Waals surface area contributed by atoms with Gasteiger partial charge in [-0.05, 0) is 46.3 Å². The highest BCUT2D eigenvalue weighted by Gasteiger charge is 2.58. The second kappa shape index (κ2) is 9.33. The zero-order valence-corrected chi connectivity index (χ0v) is 17.5. The third-order valence-electron chi connectivity index (χ3n) is 5.18. The first-order valence-electron chi connectivity index (χ1n) is 9.88. The average molecular weight is 495 g/mol. The summed E-state index contributed by atoms with van der Waals surface area (Å²) in [7, 11) is 0. The maximum absolute atomic E-state index is 15.7. The predicted octanol–water partition coefficient (Wildman–Crippen LogP) is 4.29. The molecule has 182 valence electrons. The van der Waals surface area contributed by atoms with Crippen molar-refractivity contribution in [2.75, 3.05) is 0 Å². The van der Waals surface area contributed by atoms with Crippen LogP contribution >= 0.6 is 0 Å². The van der Waals surface area contributed by atoms with Gasteiger partial charge in [0.1, 0.15) is 29.4 Å². The smallest absolute Gasteiger partial charge is 0.387 e. The fraction of sp³-hybridized carbons (Fsp3) is 0.182. The van der Waals surface area contributed by atoms with Crippen molar-refractivity contribution in [1.29, 1.82) is 0 Å². The van der Waals surface area contributed by atoms with Crippen molar-refractivity contribution in [2.45, 2.75) is 24.7 Å². The maximum atomic E-state index is 15.7. The molecule has 0 saturated heterocycles. The van der Waals surface area contributed by atoms with Gasteiger partial charge in [0.05, 0.1) is 6.54 Å². The molecule has 35 heavy (non-hydrogen) atoms. The van der Waals surface area contributed by atoms with E-state index in [9.17, 15) is 22.7 Å². The number of tetrazole rings is 1. The molecule has 0 spiro atoms. The lowest BCUT2D eigenvalue weighted by Crippen LogP contribution is -2.48. The predicted molar refractivity (Wildman–Crippen MR) is 108 cm³/mol. The summed E-state index contributed by atoms with van der Waals surface area (Å²) in [6.45, 7) is -3.98. The average Bonchev–Trinajstić information content (AvgIpc) is 3.32. The second-order valence-corrected chi connectivity index (χ2v) is 7.40. The molecule has 0 amide bonds. The lowest BCUT2D eigenvalue weighted by atomic mass is 9.84. The van der Waals surface area contributed by atoms with Crippen molar-refractivity contribution in [3.63, 3.8) is 0 Å². The quantitative estimate of drug-likeness (QED) is 0.367. The molecular weight excluding hydrogens is 480 g/mol. The van der Waals surface area contributed by atoms with Crippen LogP contribution in [0.2, 0.25) is 0 Å². The molecule has 0 radical (unpaired) electrons. The number of hydrogen-bond donors (Lipinski definition) is 1. The largest absolute Gasteiger partial charge is 0.435 e. The van der Waals surface area contributed by atoms with Crippen LogP contribution in [0, 0.1) is 11.6 Å². The molecule has 4 rings (SSSR count). The van der Waals surface area contributed by atoms with E-state index in [1.807, 2.05) is 0 Å². The molecule has 0 bridgehead atoms. The lowest BCUT2D eigenvalue weighted by Gasteiger charge is -2.35. The molecule has 4 aromatic rings. The Morgan fingerprint density at radius 2 is 1.69 bits per heavy atom. The van der Waals surface area contributed by atoms with E-state index in [-0.39, 0.29) is 5.75 Å². The van der Waals surface area contributed by atoms with E-state index in [2.05, 4.69) is 25.2 Å². The van der Waals surface area contributed by atoms with Crippen LogP contribution < -0.4 is 4.74 Å². The second-order valence-electron chi connectivity index (χ2n) is 7.40. The minimum Gasteiger partial charge on any atom is -0.435 e. The van der Waals surface area contributed by atoms with Gasteiger partial charge in [-0.1, -0.05) is 18.2 Å². The van der Waals surface area contributed by atoms with Crippen molar-refractivity contribution in [3.05, 3.63) is 90.0 Å². The molecule has 1 atom stereocenters. The number of aromatic nitrogens is 5. The van der Waals surface area contributed by atoms with E-state index in [0.717, 1.165) is 29.3 Å². The maximum Gasteiger partial charge on any atom is 0.387 e. The van der Waals surface area contributed by atoms with E-state index in [1.165, 1.54) is 30.3 Å². The van der Waals surface area contributed by atoms with Gasteiger partial charge in [0.15, 0.2) is 5.60 Å². The summed E-state index contributed by atoms with van der Waals surface area (Å²) < 4.78 is 89.1. The number of aliphatic hydroxyl groups is 1. The highest BCUT2D eigenvalue weighted by molar-refractivity contribution is 5.63. The number of pyridine rings is 1. The Kier molecular flexibility index (Phi) is 6.43. The Morgan fingerprint density at radius 3 is 2.26 bits per heavy atom. The van der Waals surface area contributed by atoms with Crippen molar-refractivity contribution in [2.24, 2.45) is 0 Å². The number of nitrogens with zero attached hydrogens (tertiary/aromatic N) is 5. The van der Waals surface area contributed by atoms with Gasteiger partial charge < -0.3 is 9.84 Å². The van der Waals surface area contributed by atoms with Gasteiger partial charge in [0.2, 0.25) is 0 Å². The van der Waals surface area contributed by atoms with Crippen LogP contribution in [0.1, 0.15) is 11.3 Å². The topological polar surface area (TPSA) is 86.0 Å². The molecule has 0 saturated carbocycles. The van der Waals surface area contributed by atoms with Gasteiger partial charge in [0.25, 0.3) is 0 Å². The Balaban J connectivity index is 1.70. The number of hydrogen-bond acceptors (Lipinski definition) is 6. The normalized spacial score (nSPS) is 13.6. The van der Waals surface area contributed by atoms with Gasteiger partial charge in [-0.3, -0.25) is 4.98 Å². The summed E-state index contributed by atoms with van der Waals surface area (Å²) in [6.07, 6.45) is 2.02. The molecule has 0 fully saturated rings. The number of ether oxygens (including phenoxy) is 1. The lowest BCUT2D eigenvalue weighted by molar-refractivity contribution is -0.207. The van der Waals surface area contributed by atoms with E-state index in [4.69, 9.17) is 0 Å². The zero-order valence-electron chi connectivity index (χ0n) is 17.5. The van der Waals surface area contributed by atoms with Crippen LogP contribution in [0.25, 0.3) is 11.1 Å². The van der Waals surface area contributed by atoms with Crippen LogP contribution in [0.4, 0.5) is 26.3 Å².